The highest BCUT2D eigenvalue weighted by Gasteiger charge is 2.38. The minimum absolute atomic E-state index is 0.0221. The van der Waals surface area contributed by atoms with Crippen molar-refractivity contribution in [2.75, 3.05) is 13.2 Å². The summed E-state index contributed by atoms with van der Waals surface area (Å²) in [5, 5.41) is 3.55. The maximum absolute atomic E-state index is 12.6. The second-order valence-electron chi connectivity index (χ2n) is 6.96. The van der Waals surface area contributed by atoms with Gasteiger partial charge in [-0.25, -0.2) is 0 Å². The van der Waals surface area contributed by atoms with Crippen molar-refractivity contribution < 1.29 is 9.53 Å². The first-order valence-corrected chi connectivity index (χ1v) is 8.80. The molecule has 122 valence electrons. The summed E-state index contributed by atoms with van der Waals surface area (Å²) in [5.74, 6) is 0.855. The predicted molar refractivity (Wildman–Crippen MR) is 85.0 cm³/mol. The van der Waals surface area contributed by atoms with Crippen LogP contribution in [0.1, 0.15) is 65.7 Å². The average Bonchev–Trinajstić information content (AvgIpc) is 2.74. The number of carbonyl (C=O) groups is 1. The molecule has 0 aliphatic carbocycles. The van der Waals surface area contributed by atoms with Crippen LogP contribution in [0.4, 0.5) is 0 Å². The monoisotopic (exact) mass is 296 g/mol. The first-order chi connectivity index (χ1) is 10.1. The molecule has 4 heteroatoms. The van der Waals surface area contributed by atoms with Gasteiger partial charge in [0.15, 0.2) is 0 Å². The largest absolute Gasteiger partial charge is 0.378 e. The van der Waals surface area contributed by atoms with Crippen LogP contribution < -0.4 is 5.32 Å². The van der Waals surface area contributed by atoms with Gasteiger partial charge in [-0.1, -0.05) is 27.2 Å². The Kier molecular flexibility index (Phi) is 6.49. The lowest BCUT2D eigenvalue weighted by atomic mass is 10.0. The zero-order chi connectivity index (χ0) is 15.2. The molecule has 0 aromatic heterocycles. The van der Waals surface area contributed by atoms with Gasteiger partial charge in [-0.2, -0.15) is 0 Å². The van der Waals surface area contributed by atoms with Gasteiger partial charge in [-0.15, -0.1) is 0 Å². The van der Waals surface area contributed by atoms with Gasteiger partial charge < -0.3 is 9.64 Å². The number of hydrogen-bond acceptors (Lipinski definition) is 3. The molecule has 2 fully saturated rings. The van der Waals surface area contributed by atoms with Crippen LogP contribution in [0.25, 0.3) is 0 Å². The van der Waals surface area contributed by atoms with Crippen molar-refractivity contribution in [1.82, 2.24) is 10.2 Å². The molecular weight excluding hydrogens is 264 g/mol. The zero-order valence-electron chi connectivity index (χ0n) is 13.9. The van der Waals surface area contributed by atoms with Crippen molar-refractivity contribution in [1.29, 1.82) is 0 Å². The van der Waals surface area contributed by atoms with Crippen LogP contribution in [0.5, 0.6) is 0 Å². The summed E-state index contributed by atoms with van der Waals surface area (Å²) in [7, 11) is 0. The van der Waals surface area contributed by atoms with Crippen LogP contribution in [0.3, 0.4) is 0 Å². The molecule has 1 N–H and O–H groups in total. The number of rotatable bonds is 7. The highest BCUT2D eigenvalue weighted by atomic mass is 16.5. The van der Waals surface area contributed by atoms with E-state index in [1.54, 1.807) is 0 Å². The summed E-state index contributed by atoms with van der Waals surface area (Å²) in [4.78, 5) is 14.7. The number of nitrogens with zero attached hydrogens (tertiary/aromatic N) is 1. The van der Waals surface area contributed by atoms with Crippen molar-refractivity contribution in [3.63, 3.8) is 0 Å². The topological polar surface area (TPSA) is 41.6 Å². The number of ether oxygens (including phenoxy) is 1. The van der Waals surface area contributed by atoms with Gasteiger partial charge in [0.1, 0.15) is 0 Å². The third-order valence-electron chi connectivity index (χ3n) is 4.59. The van der Waals surface area contributed by atoms with Gasteiger partial charge in [-0.05, 0) is 44.4 Å². The van der Waals surface area contributed by atoms with E-state index in [1.165, 1.54) is 12.8 Å². The summed E-state index contributed by atoms with van der Waals surface area (Å²) in [5.41, 5.74) is 0. The van der Waals surface area contributed by atoms with Crippen molar-refractivity contribution in [3.8, 4) is 0 Å². The predicted octanol–water partition coefficient (Wildman–Crippen LogP) is 2.92. The molecule has 4 nitrogen and oxygen atoms in total. The minimum Gasteiger partial charge on any atom is -0.378 e. The molecule has 2 aliphatic heterocycles. The smallest absolute Gasteiger partial charge is 0.241 e. The molecule has 0 saturated carbocycles. The lowest BCUT2D eigenvalue weighted by Crippen LogP contribution is -2.39. The Hall–Kier alpha value is -0.610. The number of carbonyl (C=O) groups excluding carboxylic acids is 1. The van der Waals surface area contributed by atoms with Gasteiger partial charge in [0.2, 0.25) is 5.91 Å². The van der Waals surface area contributed by atoms with Crippen molar-refractivity contribution in [2.24, 2.45) is 5.92 Å². The van der Waals surface area contributed by atoms with Crippen LogP contribution in [-0.4, -0.2) is 42.3 Å². The lowest BCUT2D eigenvalue weighted by molar-refractivity contribution is -0.130. The van der Waals surface area contributed by atoms with Gasteiger partial charge in [0, 0.05) is 13.2 Å². The van der Waals surface area contributed by atoms with Crippen LogP contribution in [0.15, 0.2) is 0 Å². The molecule has 0 radical (unpaired) electrons. The van der Waals surface area contributed by atoms with Crippen molar-refractivity contribution >= 4 is 5.91 Å². The van der Waals surface area contributed by atoms with Gasteiger partial charge in [0.25, 0.3) is 0 Å². The Morgan fingerprint density at radius 3 is 2.76 bits per heavy atom. The number of amides is 1. The Bertz CT molecular complexity index is 327. The minimum atomic E-state index is 0.0221. The quantitative estimate of drug-likeness (QED) is 0.785. The summed E-state index contributed by atoms with van der Waals surface area (Å²) in [6.45, 7) is 8.29. The Morgan fingerprint density at radius 1 is 1.33 bits per heavy atom. The van der Waals surface area contributed by atoms with Gasteiger partial charge >= 0.3 is 0 Å². The van der Waals surface area contributed by atoms with E-state index in [4.69, 9.17) is 4.74 Å². The summed E-state index contributed by atoms with van der Waals surface area (Å²) < 4.78 is 5.80. The van der Waals surface area contributed by atoms with Crippen LogP contribution >= 0.6 is 0 Å². The van der Waals surface area contributed by atoms with Crippen molar-refractivity contribution in [2.45, 2.75) is 84.0 Å². The second-order valence-corrected chi connectivity index (χ2v) is 6.96. The molecule has 0 spiro atoms. The Labute approximate surface area is 129 Å². The van der Waals surface area contributed by atoms with Crippen molar-refractivity contribution in [3.05, 3.63) is 0 Å². The van der Waals surface area contributed by atoms with E-state index in [-0.39, 0.29) is 12.2 Å². The molecule has 2 aliphatic rings. The van der Waals surface area contributed by atoms with Gasteiger partial charge in [-0.3, -0.25) is 10.1 Å². The fraction of sp³-hybridized carbons (Fsp3) is 0.941. The van der Waals surface area contributed by atoms with Crippen LogP contribution in [-0.2, 0) is 9.53 Å². The normalized spacial score (nSPS) is 30.4. The molecule has 3 atom stereocenters. The molecule has 0 aromatic rings. The average molecular weight is 296 g/mol. The molecule has 3 unspecified atom stereocenters. The SMILES string of the molecule is CCCC1NC(CC(C)C)C(=O)N1CCC1CCCCO1. The maximum Gasteiger partial charge on any atom is 0.241 e. The molecular formula is C17H32N2O2. The third-order valence-corrected chi connectivity index (χ3v) is 4.59. The Morgan fingerprint density at radius 2 is 2.14 bits per heavy atom. The van der Waals surface area contributed by atoms with E-state index in [0.717, 1.165) is 45.3 Å². The van der Waals surface area contributed by atoms with E-state index in [2.05, 4.69) is 31.0 Å². The highest BCUT2D eigenvalue weighted by Crippen LogP contribution is 2.22. The molecule has 2 rings (SSSR count). The van der Waals surface area contributed by atoms with E-state index in [9.17, 15) is 4.79 Å². The molecule has 0 aromatic carbocycles. The van der Waals surface area contributed by atoms with E-state index in [1.807, 2.05) is 0 Å². The maximum atomic E-state index is 12.6. The van der Waals surface area contributed by atoms with E-state index >= 15 is 0 Å². The van der Waals surface area contributed by atoms with E-state index < -0.39 is 0 Å². The van der Waals surface area contributed by atoms with Gasteiger partial charge in [0.05, 0.1) is 18.3 Å². The van der Waals surface area contributed by atoms with Crippen LogP contribution in [0.2, 0.25) is 0 Å². The zero-order valence-corrected chi connectivity index (χ0v) is 13.9. The molecule has 2 saturated heterocycles. The van der Waals surface area contributed by atoms with E-state index in [0.29, 0.717) is 17.9 Å². The standard InChI is InChI=1S/C17H32N2O2/c1-4-7-16-18-15(12-13(2)3)17(20)19(16)10-9-14-8-5-6-11-21-14/h13-16,18H,4-12H2,1-3H3. The number of nitrogens with one attached hydrogen (secondary N) is 1. The highest BCUT2D eigenvalue weighted by molar-refractivity contribution is 5.84. The Balaban J connectivity index is 1.88. The molecule has 1 amide bonds. The summed E-state index contributed by atoms with van der Waals surface area (Å²) in [6.07, 6.45) is 8.29. The third kappa shape index (κ3) is 4.68. The summed E-state index contributed by atoms with van der Waals surface area (Å²) in [6, 6.07) is 0.0221. The first kappa shape index (κ1) is 16.8. The fourth-order valence-corrected chi connectivity index (χ4v) is 3.48. The fourth-order valence-electron chi connectivity index (χ4n) is 3.48. The number of hydrogen-bond donors (Lipinski definition) is 1. The lowest BCUT2D eigenvalue weighted by Gasteiger charge is -2.28. The summed E-state index contributed by atoms with van der Waals surface area (Å²) >= 11 is 0. The molecule has 0 bridgehead atoms. The second kappa shape index (κ2) is 8.14. The first-order valence-electron chi connectivity index (χ1n) is 8.80. The molecule has 21 heavy (non-hydrogen) atoms. The molecule has 2 heterocycles. The van der Waals surface area contributed by atoms with Crippen LogP contribution in [0, 0.1) is 5.92 Å².